The molecule has 5 aliphatic carbocycles. The van der Waals surface area contributed by atoms with Crippen LogP contribution in [0.5, 0.6) is 28.7 Å². The van der Waals surface area contributed by atoms with Crippen LogP contribution in [-0.4, -0.2) is 53.8 Å². The smallest absolute Gasteiger partial charge is 0.310 e. The number of aliphatic hydroxyl groups excluding tert-OH is 1. The minimum absolute atomic E-state index is 0.0166. The summed E-state index contributed by atoms with van der Waals surface area (Å²) >= 11 is 0. The van der Waals surface area contributed by atoms with Crippen LogP contribution in [0, 0.1) is 56.7 Å². The van der Waals surface area contributed by atoms with Gasteiger partial charge in [-0.1, -0.05) is 51.5 Å². The third-order valence-electron chi connectivity index (χ3n) is 16.7. The average molecular weight is 757 g/mol. The lowest BCUT2D eigenvalue weighted by Gasteiger charge is -2.69. The van der Waals surface area contributed by atoms with Gasteiger partial charge in [0.15, 0.2) is 11.5 Å². The van der Waals surface area contributed by atoms with Crippen LogP contribution >= 0.6 is 0 Å². The van der Waals surface area contributed by atoms with Crippen LogP contribution in [0.25, 0.3) is 6.08 Å². The van der Waals surface area contributed by atoms with Crippen LogP contribution in [0.4, 0.5) is 0 Å². The molecule has 0 amide bonds. The molecule has 7 N–H and O–H groups in total. The van der Waals surface area contributed by atoms with E-state index in [0.717, 1.165) is 30.4 Å². The largest absolute Gasteiger partial charge is 0.507 e. The number of fused-ring (bicyclic) bond motifs is 8. The molecule has 11 atom stereocenters. The number of aromatic hydroxyl groups is 4. The fraction of sp³-hybridized carbons (Fsp3) is 0.600. The quantitative estimate of drug-likeness (QED) is 0.116. The lowest BCUT2D eigenvalue weighted by Crippen LogP contribution is -2.68. The topological polar surface area (TPSA) is 185 Å². The van der Waals surface area contributed by atoms with E-state index < -0.39 is 45.8 Å². The monoisotopic (exact) mass is 756 g/mol. The summed E-state index contributed by atoms with van der Waals surface area (Å²) in [6.45, 7) is 15.3. The summed E-state index contributed by atoms with van der Waals surface area (Å²) < 4.78 is 6.45. The van der Waals surface area contributed by atoms with E-state index in [4.69, 9.17) is 4.74 Å². The van der Waals surface area contributed by atoms with Crippen molar-refractivity contribution in [3.63, 3.8) is 0 Å². The number of rotatable bonds is 5. The third-order valence-corrected chi connectivity index (χ3v) is 16.7. The zero-order valence-corrected chi connectivity index (χ0v) is 32.6. The van der Waals surface area contributed by atoms with Crippen LogP contribution in [0.2, 0.25) is 0 Å². The van der Waals surface area contributed by atoms with Crippen molar-refractivity contribution in [1.82, 2.24) is 0 Å². The Hall–Kier alpha value is -4.18. The molecule has 6 aliphatic rings. The normalized spacial score (nSPS) is 40.5. The molecule has 2 aromatic carbocycles. The molecule has 0 aromatic heterocycles. The predicted molar refractivity (Wildman–Crippen MR) is 205 cm³/mol. The molecule has 2 aromatic rings. The highest BCUT2D eigenvalue weighted by atomic mass is 16.5. The number of benzene rings is 2. The van der Waals surface area contributed by atoms with E-state index >= 15 is 0 Å². The van der Waals surface area contributed by atoms with E-state index in [1.54, 1.807) is 6.07 Å². The second-order valence-electron chi connectivity index (χ2n) is 19.3. The van der Waals surface area contributed by atoms with E-state index in [1.807, 2.05) is 13.0 Å². The SMILES string of the molecule is C=C(C)[C@@H]1CC[C@]2(C(=O)O)CC[C@]3(C(=O)O)[C@H](CC[C@@H]4[C@@]5(C)/C(=C/c6c(O)cc(O)c7c6O[C@H](c6ccc(O)c(O)c6)[C@H](O)C7)CC(C)(C)[C@@H]5CC[C@]43C)[C@@H]12. The standard InChI is InChI=1S/C45H56O10/c1-22(2)25-11-14-44(39(51)52)15-16-45(40(53)54)28(36(25)44)8-10-35-42(45,5)13-12-34-41(3,4)21-24(43(34,35)6)18-26-30(47)20-31(48)27-19-33(50)37(55-38(26)27)23-7-9-29(46)32(49)17-23/h7,9,17-18,20,25,28,33-37,46-50H,1,8,10-16,19,21H2,2-6H3,(H,51,52)(H,53,54)/b24-18+/t25-,28+,33+,34-,35-,36+,37+,42+,43-,44-,45+/m0/s1. The first kappa shape index (κ1) is 37.7. The minimum Gasteiger partial charge on any atom is -0.507 e. The molecule has 0 radical (unpaired) electrons. The van der Waals surface area contributed by atoms with Crippen LogP contribution in [0.3, 0.4) is 0 Å². The first-order valence-electron chi connectivity index (χ1n) is 20.0. The molecule has 5 saturated carbocycles. The number of ether oxygens (including phenoxy) is 1. The molecule has 10 heteroatoms. The second-order valence-corrected chi connectivity index (χ2v) is 19.3. The number of phenolic OH excluding ortho intramolecular Hbond substituents is 4. The number of aliphatic hydroxyl groups is 1. The third kappa shape index (κ3) is 4.88. The molecular weight excluding hydrogens is 700 g/mol. The van der Waals surface area contributed by atoms with Gasteiger partial charge in [0.25, 0.3) is 0 Å². The first-order valence-corrected chi connectivity index (χ1v) is 20.0. The van der Waals surface area contributed by atoms with Gasteiger partial charge in [-0.15, -0.1) is 0 Å². The summed E-state index contributed by atoms with van der Waals surface area (Å²) in [7, 11) is 0. The molecule has 5 fully saturated rings. The molecule has 296 valence electrons. The maximum Gasteiger partial charge on any atom is 0.310 e. The number of hydrogen-bond donors (Lipinski definition) is 7. The van der Waals surface area contributed by atoms with Crippen molar-refractivity contribution in [2.75, 3.05) is 0 Å². The number of allylic oxidation sites excluding steroid dienone is 2. The highest BCUT2D eigenvalue weighted by Crippen LogP contribution is 2.79. The molecule has 55 heavy (non-hydrogen) atoms. The molecule has 0 spiro atoms. The highest BCUT2D eigenvalue weighted by molar-refractivity contribution is 5.81. The number of phenols is 4. The van der Waals surface area contributed by atoms with Gasteiger partial charge in [-0.25, -0.2) is 0 Å². The van der Waals surface area contributed by atoms with E-state index in [2.05, 4.69) is 34.3 Å². The Balaban J connectivity index is 1.25. The lowest BCUT2D eigenvalue weighted by molar-refractivity contribution is -0.231. The molecule has 1 aliphatic heterocycles. The summed E-state index contributed by atoms with van der Waals surface area (Å²) in [4.78, 5) is 27.3. The number of aliphatic carboxylic acids is 2. The first-order chi connectivity index (χ1) is 25.7. The Bertz CT molecular complexity index is 2030. The molecule has 1 heterocycles. The predicted octanol–water partition coefficient (Wildman–Crippen LogP) is 8.35. The van der Waals surface area contributed by atoms with Crippen molar-refractivity contribution in [3.8, 4) is 28.7 Å². The van der Waals surface area contributed by atoms with Crippen LogP contribution < -0.4 is 4.74 Å². The van der Waals surface area contributed by atoms with Gasteiger partial charge >= 0.3 is 11.9 Å². The highest BCUT2D eigenvalue weighted by Gasteiger charge is 2.76. The van der Waals surface area contributed by atoms with Crippen molar-refractivity contribution < 1.29 is 50.1 Å². The van der Waals surface area contributed by atoms with Crippen molar-refractivity contribution in [2.24, 2.45) is 56.7 Å². The molecule has 10 nitrogen and oxygen atoms in total. The van der Waals surface area contributed by atoms with Gasteiger partial charge in [-0.3, -0.25) is 9.59 Å². The maximum absolute atomic E-state index is 14.1. The maximum atomic E-state index is 14.1. The Labute approximate surface area is 322 Å². The zero-order valence-electron chi connectivity index (χ0n) is 32.6. The van der Waals surface area contributed by atoms with Crippen molar-refractivity contribution in [1.29, 1.82) is 0 Å². The van der Waals surface area contributed by atoms with Gasteiger partial charge in [-0.2, -0.15) is 0 Å². The molecule has 0 bridgehead atoms. The second kappa shape index (κ2) is 12.2. The van der Waals surface area contributed by atoms with E-state index in [0.29, 0.717) is 55.2 Å². The van der Waals surface area contributed by atoms with Crippen LogP contribution in [0.15, 0.2) is 42.0 Å². The number of hydrogen-bond acceptors (Lipinski definition) is 8. The Kier molecular flexibility index (Phi) is 8.34. The summed E-state index contributed by atoms with van der Waals surface area (Å²) in [6.07, 6.45) is 5.46. The van der Waals surface area contributed by atoms with Gasteiger partial charge < -0.3 is 40.5 Å². The lowest BCUT2D eigenvalue weighted by atomic mass is 9.33. The Morgan fingerprint density at radius 3 is 2.22 bits per heavy atom. The Morgan fingerprint density at radius 1 is 0.836 bits per heavy atom. The van der Waals surface area contributed by atoms with Gasteiger partial charge in [-0.05, 0) is 134 Å². The number of carboxylic acids is 2. The van der Waals surface area contributed by atoms with Crippen molar-refractivity contribution >= 4 is 18.0 Å². The van der Waals surface area contributed by atoms with Gasteiger partial charge in [0.1, 0.15) is 23.4 Å². The summed E-state index contributed by atoms with van der Waals surface area (Å²) in [6, 6.07) is 5.47. The average Bonchev–Trinajstić information content (AvgIpc) is 3.61. The van der Waals surface area contributed by atoms with Crippen LogP contribution in [-0.2, 0) is 16.0 Å². The summed E-state index contributed by atoms with van der Waals surface area (Å²) in [5.74, 6) is -2.94. The fourth-order valence-electron chi connectivity index (χ4n) is 14.4. The van der Waals surface area contributed by atoms with E-state index in [9.17, 15) is 45.3 Å². The van der Waals surface area contributed by atoms with Gasteiger partial charge in [0.2, 0.25) is 0 Å². The number of carbonyl (C=O) groups is 2. The van der Waals surface area contributed by atoms with Crippen molar-refractivity contribution in [2.45, 2.75) is 111 Å². The molecular formula is C45H56O10. The summed E-state index contributed by atoms with van der Waals surface area (Å²) in [5, 5.41) is 76.3. The van der Waals surface area contributed by atoms with Gasteiger partial charge in [0.05, 0.1) is 22.5 Å². The molecule has 8 rings (SSSR count). The minimum atomic E-state index is -1.12. The van der Waals surface area contributed by atoms with E-state index in [-0.39, 0.29) is 70.2 Å². The number of carboxylic acid groups (broad SMARTS) is 2. The van der Waals surface area contributed by atoms with Crippen molar-refractivity contribution in [3.05, 3.63) is 58.7 Å². The summed E-state index contributed by atoms with van der Waals surface area (Å²) in [5.41, 5.74) is -0.212. The fourth-order valence-corrected chi connectivity index (χ4v) is 14.4. The van der Waals surface area contributed by atoms with Gasteiger partial charge in [0, 0.05) is 18.1 Å². The molecule has 0 unspecified atom stereocenters. The molecule has 0 saturated heterocycles. The van der Waals surface area contributed by atoms with E-state index in [1.165, 1.54) is 18.2 Å². The Morgan fingerprint density at radius 2 is 1.56 bits per heavy atom. The zero-order chi connectivity index (χ0) is 39.8. The van der Waals surface area contributed by atoms with Crippen LogP contribution in [0.1, 0.15) is 115 Å².